The molecule has 7 heteroatoms. The molecule has 2 aromatic rings. The fraction of sp³-hybridized carbons (Fsp3) is 0.333. The van der Waals surface area contributed by atoms with Crippen molar-refractivity contribution in [2.45, 2.75) is 32.9 Å². The monoisotopic (exact) mass is 359 g/mol. The Morgan fingerprint density at radius 1 is 1.08 bits per heavy atom. The molecule has 132 valence electrons. The van der Waals surface area contributed by atoms with Crippen molar-refractivity contribution in [1.29, 1.82) is 0 Å². The van der Waals surface area contributed by atoms with Gasteiger partial charge < -0.3 is 10.1 Å². The highest BCUT2D eigenvalue weighted by Gasteiger charge is 2.11. The molecule has 0 radical (unpaired) electrons. The zero-order chi connectivity index (χ0) is 18.4. The first-order valence-electron chi connectivity index (χ1n) is 7.81. The Kier molecular flexibility index (Phi) is 6.52. The smallest absolute Gasteiger partial charge is 0.316 e. The van der Waals surface area contributed by atoms with Gasteiger partial charge in [-0.1, -0.05) is 29.5 Å². The van der Waals surface area contributed by atoms with Crippen LogP contribution in [0, 0.1) is 27.7 Å². The highest BCUT2D eigenvalue weighted by atomic mass is 32.2. The van der Waals surface area contributed by atoms with Crippen LogP contribution in [0.1, 0.15) is 22.5 Å². The van der Waals surface area contributed by atoms with E-state index in [4.69, 9.17) is 4.74 Å². The summed E-state index contributed by atoms with van der Waals surface area (Å²) in [5, 5.41) is 3.26. The molecule has 6 nitrogen and oxygen atoms in total. The molecule has 1 N–H and O–H groups in total. The molecule has 1 aromatic heterocycles. The second-order valence-electron chi connectivity index (χ2n) is 5.75. The van der Waals surface area contributed by atoms with E-state index in [0.717, 1.165) is 22.5 Å². The average molecular weight is 359 g/mol. The Bertz CT molecular complexity index is 773. The standard InChI is InChI=1S/C18H21N3O3S/c1-11-5-6-15(12(2)7-11)21-16(22)9-24-17(23)10-25-18-19-13(3)8-14(4)20-18/h5-8H,9-10H2,1-4H3,(H,21,22). The molecule has 0 spiro atoms. The third kappa shape index (κ3) is 6.19. The van der Waals surface area contributed by atoms with Crippen LogP contribution in [-0.4, -0.2) is 34.2 Å². The second-order valence-corrected chi connectivity index (χ2v) is 6.69. The Morgan fingerprint density at radius 3 is 2.40 bits per heavy atom. The van der Waals surface area contributed by atoms with Gasteiger partial charge in [0.05, 0.1) is 5.75 Å². The summed E-state index contributed by atoms with van der Waals surface area (Å²) in [6.07, 6.45) is 0. The lowest BCUT2D eigenvalue weighted by Gasteiger charge is -2.09. The fourth-order valence-electron chi connectivity index (χ4n) is 2.21. The highest BCUT2D eigenvalue weighted by Crippen LogP contribution is 2.16. The lowest BCUT2D eigenvalue weighted by molar-refractivity contribution is -0.144. The number of benzene rings is 1. The van der Waals surface area contributed by atoms with Crippen LogP contribution >= 0.6 is 11.8 Å². The van der Waals surface area contributed by atoms with Gasteiger partial charge in [-0.3, -0.25) is 9.59 Å². The summed E-state index contributed by atoms with van der Waals surface area (Å²) in [6.45, 7) is 7.32. The fourth-order valence-corrected chi connectivity index (χ4v) is 2.96. The van der Waals surface area contributed by atoms with E-state index in [2.05, 4.69) is 15.3 Å². The topological polar surface area (TPSA) is 81.2 Å². The number of nitrogens with zero attached hydrogens (tertiary/aromatic N) is 2. The molecule has 0 aliphatic heterocycles. The minimum atomic E-state index is -0.483. The van der Waals surface area contributed by atoms with E-state index in [-0.39, 0.29) is 18.3 Å². The van der Waals surface area contributed by atoms with Crippen LogP contribution in [0.15, 0.2) is 29.4 Å². The molecule has 0 fully saturated rings. The molecule has 0 saturated heterocycles. The third-order valence-corrected chi connectivity index (χ3v) is 4.12. The Hall–Kier alpha value is -2.41. The second kappa shape index (κ2) is 8.62. The number of ether oxygens (including phenoxy) is 1. The molecule has 1 heterocycles. The molecule has 1 amide bonds. The number of aromatic nitrogens is 2. The van der Waals surface area contributed by atoms with Crippen LogP contribution in [-0.2, 0) is 14.3 Å². The first-order chi connectivity index (χ1) is 11.8. The summed E-state index contributed by atoms with van der Waals surface area (Å²) < 4.78 is 4.99. The first-order valence-corrected chi connectivity index (χ1v) is 8.80. The molecule has 0 aliphatic rings. The Labute approximate surface area is 151 Å². The van der Waals surface area contributed by atoms with Gasteiger partial charge in [-0.2, -0.15) is 0 Å². The molecule has 1 aromatic carbocycles. The minimum absolute atomic E-state index is 0.0553. The van der Waals surface area contributed by atoms with Crippen molar-refractivity contribution in [3.63, 3.8) is 0 Å². The van der Waals surface area contributed by atoms with Gasteiger partial charge in [0.15, 0.2) is 11.8 Å². The molecule has 25 heavy (non-hydrogen) atoms. The molecule has 0 bridgehead atoms. The van der Waals surface area contributed by atoms with E-state index < -0.39 is 5.97 Å². The largest absolute Gasteiger partial charge is 0.455 e. The predicted octanol–water partition coefficient (Wildman–Crippen LogP) is 2.98. The minimum Gasteiger partial charge on any atom is -0.455 e. The maximum absolute atomic E-state index is 11.9. The van der Waals surface area contributed by atoms with Gasteiger partial charge in [-0.15, -0.1) is 0 Å². The third-order valence-electron chi connectivity index (χ3n) is 3.30. The van der Waals surface area contributed by atoms with Crippen molar-refractivity contribution in [2.24, 2.45) is 0 Å². The van der Waals surface area contributed by atoms with E-state index in [0.29, 0.717) is 10.8 Å². The van der Waals surface area contributed by atoms with Crippen molar-refractivity contribution in [2.75, 3.05) is 17.7 Å². The number of carbonyl (C=O) groups excluding carboxylic acids is 2. The first kappa shape index (κ1) is 18.9. The van der Waals surface area contributed by atoms with Crippen molar-refractivity contribution in [3.8, 4) is 0 Å². The SMILES string of the molecule is Cc1ccc(NC(=O)COC(=O)CSc2nc(C)cc(C)n2)c(C)c1. The van der Waals surface area contributed by atoms with E-state index in [9.17, 15) is 9.59 Å². The average Bonchev–Trinajstić information content (AvgIpc) is 2.53. The van der Waals surface area contributed by atoms with Gasteiger partial charge in [0.25, 0.3) is 5.91 Å². The highest BCUT2D eigenvalue weighted by molar-refractivity contribution is 7.99. The Balaban J connectivity index is 1.78. The summed E-state index contributed by atoms with van der Waals surface area (Å²) in [4.78, 5) is 32.2. The molecule has 0 saturated carbocycles. The lowest BCUT2D eigenvalue weighted by Crippen LogP contribution is -2.22. The number of thioether (sulfide) groups is 1. The van der Waals surface area contributed by atoms with Crippen LogP contribution in [0.2, 0.25) is 0 Å². The zero-order valence-electron chi connectivity index (χ0n) is 14.8. The van der Waals surface area contributed by atoms with E-state index in [1.54, 1.807) is 0 Å². The van der Waals surface area contributed by atoms with E-state index in [1.807, 2.05) is 52.0 Å². The van der Waals surface area contributed by atoms with Crippen molar-refractivity contribution in [1.82, 2.24) is 9.97 Å². The number of amides is 1. The molecule has 0 atom stereocenters. The van der Waals surface area contributed by atoms with Gasteiger partial charge in [-0.05, 0) is 45.4 Å². The van der Waals surface area contributed by atoms with Gasteiger partial charge in [-0.25, -0.2) is 9.97 Å². The zero-order valence-corrected chi connectivity index (χ0v) is 15.6. The van der Waals surface area contributed by atoms with Crippen molar-refractivity contribution < 1.29 is 14.3 Å². The van der Waals surface area contributed by atoms with Gasteiger partial charge in [0.2, 0.25) is 0 Å². The summed E-state index contributed by atoms with van der Waals surface area (Å²) in [7, 11) is 0. The van der Waals surface area contributed by atoms with E-state index in [1.165, 1.54) is 11.8 Å². The molecule has 0 unspecified atom stereocenters. The van der Waals surface area contributed by atoms with Gasteiger partial charge in [0.1, 0.15) is 0 Å². The van der Waals surface area contributed by atoms with Gasteiger partial charge >= 0.3 is 5.97 Å². The van der Waals surface area contributed by atoms with Gasteiger partial charge in [0, 0.05) is 17.1 Å². The number of hydrogen-bond acceptors (Lipinski definition) is 6. The molecule has 0 aliphatic carbocycles. The number of hydrogen-bond donors (Lipinski definition) is 1. The van der Waals surface area contributed by atoms with Crippen LogP contribution in [0.5, 0.6) is 0 Å². The van der Waals surface area contributed by atoms with Crippen LogP contribution in [0.4, 0.5) is 5.69 Å². The summed E-state index contributed by atoms with van der Waals surface area (Å²) in [5.74, 6) is -0.795. The maximum Gasteiger partial charge on any atom is 0.316 e. The predicted molar refractivity (Wildman–Crippen MR) is 97.7 cm³/mol. The van der Waals surface area contributed by atoms with Crippen molar-refractivity contribution >= 4 is 29.3 Å². The molecular weight excluding hydrogens is 338 g/mol. The number of rotatable bonds is 6. The van der Waals surface area contributed by atoms with E-state index >= 15 is 0 Å². The number of nitrogens with one attached hydrogen (secondary N) is 1. The maximum atomic E-state index is 11.9. The Morgan fingerprint density at radius 2 is 1.76 bits per heavy atom. The number of aryl methyl sites for hydroxylation is 4. The molecule has 2 rings (SSSR count). The summed E-state index contributed by atoms with van der Waals surface area (Å²) in [5.41, 5.74) is 4.48. The number of anilines is 1. The number of esters is 1. The summed E-state index contributed by atoms with van der Waals surface area (Å²) >= 11 is 1.19. The summed E-state index contributed by atoms with van der Waals surface area (Å²) in [6, 6.07) is 7.58. The number of carbonyl (C=O) groups is 2. The quantitative estimate of drug-likeness (QED) is 0.485. The van der Waals surface area contributed by atoms with Crippen LogP contribution in [0.25, 0.3) is 0 Å². The lowest BCUT2D eigenvalue weighted by atomic mass is 10.1. The van der Waals surface area contributed by atoms with Crippen LogP contribution < -0.4 is 5.32 Å². The molecular formula is C18H21N3O3S. The van der Waals surface area contributed by atoms with Crippen molar-refractivity contribution in [3.05, 3.63) is 46.8 Å². The van der Waals surface area contributed by atoms with Crippen LogP contribution in [0.3, 0.4) is 0 Å². The normalized spacial score (nSPS) is 10.4.